The Morgan fingerprint density at radius 3 is 2.76 bits per heavy atom. The van der Waals surface area contributed by atoms with E-state index < -0.39 is 11.9 Å². The van der Waals surface area contributed by atoms with Crippen LogP contribution in [0.3, 0.4) is 0 Å². The third kappa shape index (κ3) is 4.73. The zero-order valence-electron chi connectivity index (χ0n) is 28.7. The number of carbonyl (C=O) groups is 2. The third-order valence-electron chi connectivity index (χ3n) is 12.3. The molecule has 2 N–H and O–H groups in total. The lowest BCUT2D eigenvalue weighted by molar-refractivity contribution is -0.144. The number of hydrogen-bond donors (Lipinski definition) is 2. The fraction of sp³-hybridized carbons (Fsp3) is 0.390. The first-order valence-corrected chi connectivity index (χ1v) is 17.9. The summed E-state index contributed by atoms with van der Waals surface area (Å²) in [4.78, 5) is 37.7. The molecule has 0 saturated carbocycles. The number of nitrogens with one attached hydrogen (secondary N) is 1. The Morgan fingerprint density at radius 2 is 1.96 bits per heavy atom. The number of aliphatic carboxylic acids is 1. The molecule has 6 atom stereocenters. The number of esters is 1. The van der Waals surface area contributed by atoms with E-state index in [2.05, 4.69) is 70.9 Å². The zero-order valence-corrected chi connectivity index (χ0v) is 28.7. The first-order valence-electron chi connectivity index (χ1n) is 17.9. The summed E-state index contributed by atoms with van der Waals surface area (Å²) in [6.45, 7) is 6.49. The molecular formula is C41H42N4O5. The van der Waals surface area contributed by atoms with Crippen LogP contribution in [0.2, 0.25) is 0 Å². The number of rotatable bonds is 5. The number of carboxylic acids is 1. The largest absolute Gasteiger partial charge is 0.497 e. The van der Waals surface area contributed by atoms with Gasteiger partial charge in [0, 0.05) is 70.9 Å². The minimum absolute atomic E-state index is 0.0562. The maximum atomic E-state index is 13.5. The van der Waals surface area contributed by atoms with Crippen molar-refractivity contribution in [3.63, 3.8) is 0 Å². The molecule has 6 aliphatic rings. The van der Waals surface area contributed by atoms with E-state index in [1.165, 1.54) is 29.3 Å². The molecule has 256 valence electrons. The highest BCUT2D eigenvalue weighted by molar-refractivity contribution is 6.00. The van der Waals surface area contributed by atoms with E-state index in [0.717, 1.165) is 64.9 Å². The van der Waals surface area contributed by atoms with Crippen LogP contribution in [0.15, 0.2) is 78.2 Å². The average Bonchev–Trinajstić information content (AvgIpc) is 3.72. The molecule has 0 spiro atoms. The number of carbonyl (C=O) groups excluding carboxylic acids is 1. The topological polar surface area (TPSA) is 110 Å². The first kappa shape index (κ1) is 31.1. The number of hydrogen-bond acceptors (Lipinski definition) is 6. The number of ether oxygens (including phenoxy) is 2. The third-order valence-corrected chi connectivity index (χ3v) is 12.3. The maximum Gasteiger partial charge on any atom is 0.337 e. The van der Waals surface area contributed by atoms with Crippen molar-refractivity contribution in [3.8, 4) is 11.3 Å². The van der Waals surface area contributed by atoms with E-state index in [0.29, 0.717) is 25.0 Å². The second-order valence-corrected chi connectivity index (χ2v) is 14.6. The summed E-state index contributed by atoms with van der Waals surface area (Å²) < 4.78 is 13.4. The van der Waals surface area contributed by atoms with E-state index in [1.807, 2.05) is 18.2 Å². The predicted molar refractivity (Wildman–Crippen MR) is 191 cm³/mol. The van der Waals surface area contributed by atoms with Crippen LogP contribution in [0.4, 0.5) is 0 Å². The van der Waals surface area contributed by atoms with Crippen LogP contribution in [0.25, 0.3) is 33.1 Å². The van der Waals surface area contributed by atoms with Crippen molar-refractivity contribution in [1.82, 2.24) is 19.4 Å². The van der Waals surface area contributed by atoms with Gasteiger partial charge >= 0.3 is 11.9 Å². The Labute approximate surface area is 290 Å². The molecule has 9 heteroatoms. The molecule has 1 saturated heterocycles. The lowest BCUT2D eigenvalue weighted by Crippen LogP contribution is -2.45. The molecular weight excluding hydrogens is 628 g/mol. The standard InChI is InChI=1S/C41H42N4O5/c1-4-23-18-44-14-13-26-25-9-5-7-11-33(25)42-38(26)35(44)16-28(23)30(40(46)47)15-24-19-45-20-31-22(2)50-21-32(41(48)49-3)29(31)17-36(45)39-37(24)27-10-6-8-12-34(27)43-39/h4-12,19,21-22,28-31,35,42H,13-18,20H2,1-3H3,(H,46,47)/b23-4-/t22-,28?,29-,30-,31?,35-/m0/s1. The lowest BCUT2D eigenvalue weighted by Gasteiger charge is -2.45. The van der Waals surface area contributed by atoms with E-state index >= 15 is 0 Å². The number of fused-ring (bicyclic) bond motifs is 11. The average molecular weight is 671 g/mol. The number of methoxy groups -OCH3 is 1. The van der Waals surface area contributed by atoms with Gasteiger partial charge in [-0.1, -0.05) is 48.0 Å². The van der Waals surface area contributed by atoms with Gasteiger partial charge in [0.2, 0.25) is 0 Å². The number of aromatic amines is 1. The molecule has 9 nitrogen and oxygen atoms in total. The van der Waals surface area contributed by atoms with Crippen LogP contribution in [-0.2, 0) is 44.9 Å². The van der Waals surface area contributed by atoms with Crippen molar-refractivity contribution in [2.45, 2.75) is 58.2 Å². The SMILES string of the molecule is C/C=C1/CN2CCc3c([nH]c4ccccc34)[C@@H]2CC1[C@H](Cc1cn2c(c3nc4ccccc4c1-3)C[C@@H]1C(C(=O)OC)=CO[C@@H](C)C1C2)C(=O)O. The van der Waals surface area contributed by atoms with Crippen LogP contribution in [0, 0.1) is 23.7 Å². The summed E-state index contributed by atoms with van der Waals surface area (Å²) in [7, 11) is 1.41. The molecule has 50 heavy (non-hydrogen) atoms. The molecule has 0 aliphatic carbocycles. The van der Waals surface area contributed by atoms with E-state index in [-0.39, 0.29) is 35.9 Å². The van der Waals surface area contributed by atoms with Crippen LogP contribution >= 0.6 is 0 Å². The fourth-order valence-electron chi connectivity index (χ4n) is 9.77. The van der Waals surface area contributed by atoms with Gasteiger partial charge in [0.25, 0.3) is 0 Å². The first-order chi connectivity index (χ1) is 24.3. The number of piperidine rings is 1. The molecule has 7 heterocycles. The number of benzene rings is 2. The number of carboxylic acid groups (broad SMARTS) is 1. The van der Waals surface area contributed by atoms with Crippen LogP contribution < -0.4 is 0 Å². The van der Waals surface area contributed by atoms with Gasteiger partial charge in [-0.15, -0.1) is 0 Å². The Bertz CT molecular complexity index is 2210. The summed E-state index contributed by atoms with van der Waals surface area (Å²) >= 11 is 0. The van der Waals surface area contributed by atoms with Gasteiger partial charge < -0.3 is 24.1 Å². The van der Waals surface area contributed by atoms with Gasteiger partial charge in [-0.3, -0.25) is 9.69 Å². The van der Waals surface area contributed by atoms with Crippen molar-refractivity contribution >= 4 is 33.7 Å². The van der Waals surface area contributed by atoms with Gasteiger partial charge in [-0.2, -0.15) is 0 Å². The van der Waals surface area contributed by atoms with Crippen molar-refractivity contribution in [2.24, 2.45) is 23.7 Å². The number of aromatic nitrogens is 3. The molecule has 0 bridgehead atoms. The number of nitrogens with zero attached hydrogens (tertiary/aromatic N) is 3. The fourth-order valence-corrected chi connectivity index (χ4v) is 9.77. The molecule has 1 aromatic heterocycles. The van der Waals surface area contributed by atoms with Gasteiger partial charge in [-0.25, -0.2) is 9.78 Å². The lowest BCUT2D eigenvalue weighted by atomic mass is 9.72. The summed E-state index contributed by atoms with van der Waals surface area (Å²) in [6, 6.07) is 16.8. The van der Waals surface area contributed by atoms with Gasteiger partial charge in [0.05, 0.1) is 42.1 Å². The summed E-state index contributed by atoms with van der Waals surface area (Å²) in [6.07, 6.45) is 8.59. The summed E-state index contributed by atoms with van der Waals surface area (Å²) in [5.74, 6) is -1.86. The monoisotopic (exact) mass is 670 g/mol. The van der Waals surface area contributed by atoms with Crippen LogP contribution in [-0.4, -0.2) is 62.8 Å². The number of pyridine rings is 1. The quantitative estimate of drug-likeness (QED) is 0.158. The Hall–Kier alpha value is -4.89. The van der Waals surface area contributed by atoms with Gasteiger partial charge in [-0.05, 0) is 68.7 Å². The number of para-hydroxylation sites is 2. The van der Waals surface area contributed by atoms with Crippen LogP contribution in [0.5, 0.6) is 0 Å². The second-order valence-electron chi connectivity index (χ2n) is 14.6. The van der Waals surface area contributed by atoms with Crippen molar-refractivity contribution in [3.05, 3.63) is 101 Å². The summed E-state index contributed by atoms with van der Waals surface area (Å²) in [5, 5.41) is 13.4. The minimum atomic E-state index is -0.766. The molecule has 0 amide bonds. The molecule has 6 aliphatic heterocycles. The van der Waals surface area contributed by atoms with Crippen molar-refractivity contribution in [2.75, 3.05) is 20.2 Å². The minimum Gasteiger partial charge on any atom is -0.497 e. The zero-order chi connectivity index (χ0) is 34.3. The van der Waals surface area contributed by atoms with Crippen molar-refractivity contribution in [1.29, 1.82) is 0 Å². The van der Waals surface area contributed by atoms with E-state index in [9.17, 15) is 14.7 Å². The molecule has 1 fully saturated rings. The van der Waals surface area contributed by atoms with E-state index in [1.54, 1.807) is 6.26 Å². The maximum absolute atomic E-state index is 13.5. The molecule has 9 rings (SSSR count). The summed E-state index contributed by atoms with van der Waals surface area (Å²) in [5.41, 5.74) is 10.4. The normalized spacial score (nSPS) is 26.1. The van der Waals surface area contributed by atoms with E-state index in [4.69, 9.17) is 14.5 Å². The number of H-pyrrole nitrogens is 1. The Morgan fingerprint density at radius 1 is 1.16 bits per heavy atom. The molecule has 2 aromatic carbocycles. The number of allylic oxidation sites excluding steroid dienone is 1. The highest BCUT2D eigenvalue weighted by Gasteiger charge is 2.45. The van der Waals surface area contributed by atoms with Gasteiger partial charge in [0.15, 0.2) is 0 Å². The van der Waals surface area contributed by atoms with Crippen LogP contribution in [0.1, 0.15) is 48.8 Å². The molecule has 3 aromatic rings. The van der Waals surface area contributed by atoms with Gasteiger partial charge in [0.1, 0.15) is 6.10 Å². The molecule has 2 unspecified atom stereocenters. The second kappa shape index (κ2) is 11.9. The van der Waals surface area contributed by atoms with Crippen molar-refractivity contribution < 1.29 is 24.2 Å². The highest BCUT2D eigenvalue weighted by Crippen LogP contribution is 2.48. The molecule has 0 radical (unpaired) electrons. The Balaban J connectivity index is 1.13. The highest BCUT2D eigenvalue weighted by atomic mass is 16.5. The Kier molecular flexibility index (Phi) is 7.39. The predicted octanol–water partition coefficient (Wildman–Crippen LogP) is 6.70. The smallest absolute Gasteiger partial charge is 0.337 e.